The van der Waals surface area contributed by atoms with E-state index in [2.05, 4.69) is 10.6 Å². The molecule has 0 fully saturated rings. The van der Waals surface area contributed by atoms with Crippen LogP contribution in [0.4, 0.5) is 22.7 Å². The van der Waals surface area contributed by atoms with Gasteiger partial charge in [0.2, 0.25) is 0 Å². The third-order valence-corrected chi connectivity index (χ3v) is 10.3. The molecule has 244 valence electrons. The van der Waals surface area contributed by atoms with E-state index >= 15 is 0 Å². The van der Waals surface area contributed by atoms with E-state index in [0.717, 1.165) is 21.9 Å². The molecule has 0 bridgehead atoms. The van der Waals surface area contributed by atoms with Gasteiger partial charge in [-0.3, -0.25) is 24.0 Å². The summed E-state index contributed by atoms with van der Waals surface area (Å²) in [4.78, 5) is 68.8. The second-order valence-corrected chi connectivity index (χ2v) is 13.1. The molecule has 0 spiro atoms. The molecule has 52 heavy (non-hydrogen) atoms. The third-order valence-electron chi connectivity index (χ3n) is 10.3. The Kier molecular flexibility index (Phi) is 6.20. The average molecular weight is 673 g/mol. The summed E-state index contributed by atoms with van der Waals surface area (Å²) in [5, 5.41) is 8.50. The zero-order chi connectivity index (χ0) is 35.2. The van der Waals surface area contributed by atoms with Crippen LogP contribution in [0.2, 0.25) is 0 Å². The molecule has 3 aliphatic carbocycles. The first-order valence-corrected chi connectivity index (χ1v) is 16.8. The summed E-state index contributed by atoms with van der Waals surface area (Å²) < 4.78 is 0. The molecule has 0 aromatic heterocycles. The number of fused-ring (bicyclic) bond motifs is 6. The van der Waals surface area contributed by atoms with Gasteiger partial charge in [0.05, 0.1) is 22.5 Å². The monoisotopic (exact) mass is 672 g/mol. The Morgan fingerprint density at radius 2 is 0.788 bits per heavy atom. The topological polar surface area (TPSA) is 109 Å². The number of carbonyl (C=O) groups excluding carboxylic acids is 5. The van der Waals surface area contributed by atoms with Crippen molar-refractivity contribution in [1.29, 1.82) is 0 Å². The number of ketones is 5. The molecule has 0 radical (unpaired) electrons. The second-order valence-electron chi connectivity index (χ2n) is 13.1. The van der Waals surface area contributed by atoms with Crippen molar-refractivity contribution in [3.8, 4) is 11.1 Å². The van der Waals surface area contributed by atoms with E-state index in [1.165, 1.54) is 0 Å². The minimum atomic E-state index is -0.326. The molecule has 7 aromatic carbocycles. The average Bonchev–Trinajstić information content (AvgIpc) is 3.18. The molecule has 7 heteroatoms. The van der Waals surface area contributed by atoms with Crippen molar-refractivity contribution in [3.05, 3.63) is 189 Å². The lowest BCUT2D eigenvalue weighted by atomic mass is 9.81. The minimum Gasteiger partial charge on any atom is -0.355 e. The Balaban J connectivity index is 1.04. The summed E-state index contributed by atoms with van der Waals surface area (Å²) in [6, 6.07) is 39.0. The summed E-state index contributed by atoms with van der Waals surface area (Å²) in [5.41, 5.74) is 7.25. The van der Waals surface area contributed by atoms with Gasteiger partial charge < -0.3 is 10.6 Å². The van der Waals surface area contributed by atoms with E-state index in [-0.39, 0.29) is 56.7 Å². The number of anilines is 4. The number of carbonyl (C=O) groups is 5. The number of hydrogen-bond donors (Lipinski definition) is 2. The number of nitrogens with one attached hydrogen (secondary N) is 2. The van der Waals surface area contributed by atoms with Crippen molar-refractivity contribution in [2.45, 2.75) is 0 Å². The Morgan fingerprint density at radius 3 is 1.46 bits per heavy atom. The normalized spacial score (nSPS) is 13.6. The van der Waals surface area contributed by atoms with Crippen molar-refractivity contribution in [3.63, 3.8) is 0 Å². The van der Waals surface area contributed by atoms with Crippen LogP contribution in [0.3, 0.4) is 0 Å². The van der Waals surface area contributed by atoms with Gasteiger partial charge in [0.15, 0.2) is 28.9 Å². The lowest BCUT2D eigenvalue weighted by Gasteiger charge is -2.26. The van der Waals surface area contributed by atoms with Gasteiger partial charge in [0.1, 0.15) is 0 Å². The molecule has 10 rings (SSSR count). The molecule has 0 saturated carbocycles. The van der Waals surface area contributed by atoms with Crippen LogP contribution < -0.4 is 10.6 Å². The third kappa shape index (κ3) is 4.10. The van der Waals surface area contributed by atoms with E-state index in [4.69, 9.17) is 0 Å². The lowest BCUT2D eigenvalue weighted by Crippen LogP contribution is -2.23. The van der Waals surface area contributed by atoms with Crippen LogP contribution in [0.15, 0.2) is 133 Å². The highest BCUT2D eigenvalue weighted by Crippen LogP contribution is 2.46. The Hall–Kier alpha value is -7.25. The molecule has 0 unspecified atom stereocenters. The molecular formula is C45H24N2O5. The van der Waals surface area contributed by atoms with Gasteiger partial charge in [0.25, 0.3) is 0 Å². The summed E-state index contributed by atoms with van der Waals surface area (Å²) in [6.07, 6.45) is 0. The maximum Gasteiger partial charge on any atom is 0.196 e. The standard InChI is InChI=1S/C45H24N2O5/c48-41-27-11-3-4-12-28(27)43(50)33-22-24(19-20-29(33)41)46-34-16-6-14-31-39(34)44(51)32-15-7-17-35(40(32)45(31)52)47-36-21-18-23-8-5-13-30-37(23)38(36)25-9-1-2-10-26(25)42(30)49/h1-22,46-47H. The maximum absolute atomic E-state index is 14.4. The van der Waals surface area contributed by atoms with Gasteiger partial charge >= 0.3 is 0 Å². The summed E-state index contributed by atoms with van der Waals surface area (Å²) in [6.45, 7) is 0. The molecule has 0 heterocycles. The fourth-order valence-electron chi connectivity index (χ4n) is 7.92. The molecule has 7 aromatic rings. The number of hydrogen-bond acceptors (Lipinski definition) is 7. The van der Waals surface area contributed by atoms with Gasteiger partial charge in [-0.1, -0.05) is 97.1 Å². The van der Waals surface area contributed by atoms with Crippen LogP contribution >= 0.6 is 0 Å². The van der Waals surface area contributed by atoms with Crippen molar-refractivity contribution in [2.75, 3.05) is 10.6 Å². The highest BCUT2D eigenvalue weighted by molar-refractivity contribution is 6.33. The molecule has 0 amide bonds. The summed E-state index contributed by atoms with van der Waals surface area (Å²) in [7, 11) is 0. The van der Waals surface area contributed by atoms with E-state index < -0.39 is 0 Å². The molecule has 0 atom stereocenters. The molecular weight excluding hydrogens is 649 g/mol. The fraction of sp³-hybridized carbons (Fsp3) is 0. The highest BCUT2D eigenvalue weighted by atomic mass is 16.1. The molecule has 3 aliphatic rings. The lowest BCUT2D eigenvalue weighted by molar-refractivity contribution is 0.0979. The second kappa shape index (κ2) is 10.9. The first kappa shape index (κ1) is 29.6. The Bertz CT molecular complexity index is 2850. The van der Waals surface area contributed by atoms with Crippen LogP contribution in [0.5, 0.6) is 0 Å². The molecule has 7 nitrogen and oxygen atoms in total. The Labute approximate surface area is 296 Å². The van der Waals surface area contributed by atoms with Crippen LogP contribution in [0, 0.1) is 0 Å². The predicted octanol–water partition coefficient (Wildman–Crippen LogP) is 9.09. The maximum atomic E-state index is 14.4. The van der Waals surface area contributed by atoms with Crippen LogP contribution in [0.1, 0.15) is 79.6 Å². The zero-order valence-corrected chi connectivity index (χ0v) is 27.2. The first-order valence-electron chi connectivity index (χ1n) is 16.8. The van der Waals surface area contributed by atoms with Gasteiger partial charge in [-0.25, -0.2) is 0 Å². The van der Waals surface area contributed by atoms with E-state index in [1.54, 1.807) is 78.9 Å². The molecule has 0 aliphatic heterocycles. The highest BCUT2D eigenvalue weighted by Gasteiger charge is 2.35. The predicted molar refractivity (Wildman–Crippen MR) is 199 cm³/mol. The van der Waals surface area contributed by atoms with Crippen molar-refractivity contribution in [2.24, 2.45) is 0 Å². The summed E-state index contributed by atoms with van der Waals surface area (Å²) >= 11 is 0. The van der Waals surface area contributed by atoms with Crippen LogP contribution in [-0.2, 0) is 0 Å². The summed E-state index contributed by atoms with van der Waals surface area (Å²) in [5.74, 6) is -1.15. The SMILES string of the molecule is O=C1c2ccccc2C(=O)c2cc(Nc3cccc4c3C(=O)c3cccc(Nc5ccc6cccc7c6c5-c5ccccc5C7=O)c3C4=O)ccc21. The fourth-order valence-corrected chi connectivity index (χ4v) is 7.92. The van der Waals surface area contributed by atoms with Gasteiger partial charge in [-0.2, -0.15) is 0 Å². The largest absolute Gasteiger partial charge is 0.355 e. The van der Waals surface area contributed by atoms with Gasteiger partial charge in [0, 0.05) is 66.8 Å². The van der Waals surface area contributed by atoms with Crippen LogP contribution in [0.25, 0.3) is 21.9 Å². The van der Waals surface area contributed by atoms with E-state index in [1.807, 2.05) is 54.6 Å². The van der Waals surface area contributed by atoms with E-state index in [0.29, 0.717) is 50.6 Å². The quantitative estimate of drug-likeness (QED) is 0.192. The molecule has 0 saturated heterocycles. The molecule has 2 N–H and O–H groups in total. The number of benzene rings is 7. The van der Waals surface area contributed by atoms with Crippen molar-refractivity contribution in [1.82, 2.24) is 0 Å². The smallest absolute Gasteiger partial charge is 0.196 e. The van der Waals surface area contributed by atoms with Crippen LogP contribution in [-0.4, -0.2) is 28.9 Å². The van der Waals surface area contributed by atoms with Crippen molar-refractivity contribution >= 4 is 62.4 Å². The van der Waals surface area contributed by atoms with Gasteiger partial charge in [-0.15, -0.1) is 0 Å². The minimum absolute atomic E-state index is 0.0365. The van der Waals surface area contributed by atoms with E-state index in [9.17, 15) is 24.0 Å². The Morgan fingerprint density at radius 1 is 0.308 bits per heavy atom. The van der Waals surface area contributed by atoms with Crippen molar-refractivity contribution < 1.29 is 24.0 Å². The zero-order valence-electron chi connectivity index (χ0n) is 27.2. The van der Waals surface area contributed by atoms with Gasteiger partial charge in [-0.05, 0) is 47.3 Å². The first-order chi connectivity index (χ1) is 25.4. The number of rotatable bonds is 4.